The van der Waals surface area contributed by atoms with E-state index in [0.717, 1.165) is 0 Å². The predicted octanol–water partition coefficient (Wildman–Crippen LogP) is 1.19. The number of aromatic nitrogens is 1. The second kappa shape index (κ2) is 9.52. The van der Waals surface area contributed by atoms with Gasteiger partial charge in [-0.1, -0.05) is 11.2 Å². The zero-order chi connectivity index (χ0) is 18.9. The van der Waals surface area contributed by atoms with Crippen LogP contribution in [-0.4, -0.2) is 55.2 Å². The number of amides is 2. The third kappa shape index (κ3) is 6.89. The summed E-state index contributed by atoms with van der Waals surface area (Å²) in [5.74, 6) is 0.389. The Balaban J connectivity index is 1.61. The van der Waals surface area contributed by atoms with Gasteiger partial charge in [-0.25, -0.2) is 4.39 Å². The number of benzene rings is 1. The van der Waals surface area contributed by atoms with Crippen LogP contribution in [0.1, 0.15) is 5.76 Å². The molecule has 0 aliphatic carbocycles. The van der Waals surface area contributed by atoms with Crippen LogP contribution in [0.15, 0.2) is 34.9 Å². The van der Waals surface area contributed by atoms with E-state index in [-0.39, 0.29) is 43.9 Å². The number of anilines is 1. The van der Waals surface area contributed by atoms with E-state index in [2.05, 4.69) is 15.8 Å². The second-order valence-corrected chi connectivity index (χ2v) is 5.70. The van der Waals surface area contributed by atoms with E-state index in [1.807, 2.05) is 0 Å². The zero-order valence-corrected chi connectivity index (χ0v) is 14.6. The minimum atomic E-state index is -0.382. The van der Waals surface area contributed by atoms with Crippen LogP contribution in [0, 0.1) is 12.7 Å². The molecular formula is C17H21FN4O4. The van der Waals surface area contributed by atoms with E-state index in [4.69, 9.17) is 9.26 Å². The number of ether oxygens (including phenoxy) is 1. The molecule has 140 valence electrons. The van der Waals surface area contributed by atoms with Crippen LogP contribution in [0.3, 0.4) is 0 Å². The highest BCUT2D eigenvalue weighted by Crippen LogP contribution is 2.11. The minimum Gasteiger partial charge on any atom is -0.492 e. The highest BCUT2D eigenvalue weighted by molar-refractivity contribution is 5.91. The molecule has 2 rings (SSSR count). The third-order valence-corrected chi connectivity index (χ3v) is 3.21. The van der Waals surface area contributed by atoms with Crippen LogP contribution in [0.2, 0.25) is 0 Å². The van der Waals surface area contributed by atoms with Gasteiger partial charge in [-0.3, -0.25) is 14.5 Å². The number of hydrogen-bond acceptors (Lipinski definition) is 6. The third-order valence-electron chi connectivity index (χ3n) is 3.21. The van der Waals surface area contributed by atoms with Crippen molar-refractivity contribution >= 4 is 17.6 Å². The van der Waals surface area contributed by atoms with Crippen LogP contribution in [-0.2, 0) is 9.59 Å². The molecule has 8 nitrogen and oxygen atoms in total. The summed E-state index contributed by atoms with van der Waals surface area (Å²) in [6, 6.07) is 7.37. The summed E-state index contributed by atoms with van der Waals surface area (Å²) in [5, 5.41) is 8.90. The zero-order valence-electron chi connectivity index (χ0n) is 14.6. The fourth-order valence-electron chi connectivity index (χ4n) is 2.13. The number of carbonyl (C=O) groups is 2. The van der Waals surface area contributed by atoms with Gasteiger partial charge in [0.15, 0.2) is 5.82 Å². The molecule has 0 aliphatic rings. The highest BCUT2D eigenvalue weighted by Gasteiger charge is 2.12. The fraction of sp³-hybridized carbons (Fsp3) is 0.353. The summed E-state index contributed by atoms with van der Waals surface area (Å²) in [6.45, 7) is 2.28. The lowest BCUT2D eigenvalue weighted by Crippen LogP contribution is -2.40. The molecular weight excluding hydrogens is 343 g/mol. The molecule has 0 atom stereocenters. The summed E-state index contributed by atoms with van der Waals surface area (Å²) >= 11 is 0. The smallest absolute Gasteiger partial charge is 0.239 e. The number of likely N-dealkylation sites (N-methyl/N-ethyl adjacent to an activating group) is 1. The minimum absolute atomic E-state index is 0.0269. The van der Waals surface area contributed by atoms with Crippen LogP contribution in [0.4, 0.5) is 10.2 Å². The maximum Gasteiger partial charge on any atom is 0.239 e. The van der Waals surface area contributed by atoms with Gasteiger partial charge >= 0.3 is 0 Å². The lowest BCUT2D eigenvalue weighted by Gasteiger charge is -2.15. The molecule has 26 heavy (non-hydrogen) atoms. The van der Waals surface area contributed by atoms with E-state index in [1.54, 1.807) is 37.1 Å². The molecule has 2 aromatic rings. The number of aryl methyl sites for hydroxylation is 1. The molecule has 2 N–H and O–H groups in total. The van der Waals surface area contributed by atoms with E-state index in [9.17, 15) is 14.0 Å². The van der Waals surface area contributed by atoms with Gasteiger partial charge in [-0.2, -0.15) is 0 Å². The maximum absolute atomic E-state index is 13.0. The van der Waals surface area contributed by atoms with Gasteiger partial charge in [-0.05, 0) is 26.1 Å². The summed E-state index contributed by atoms with van der Waals surface area (Å²) in [5.41, 5.74) is 0. The molecule has 9 heteroatoms. The molecule has 0 radical (unpaired) electrons. The Labute approximate surface area is 150 Å². The molecule has 0 saturated carbocycles. The average Bonchev–Trinajstić information content (AvgIpc) is 2.96. The number of nitrogens with zero attached hydrogens (tertiary/aromatic N) is 2. The van der Waals surface area contributed by atoms with Gasteiger partial charge in [0.05, 0.1) is 19.6 Å². The number of rotatable bonds is 9. The van der Waals surface area contributed by atoms with Crippen molar-refractivity contribution in [3.8, 4) is 5.75 Å². The van der Waals surface area contributed by atoms with E-state index >= 15 is 0 Å². The quantitative estimate of drug-likeness (QED) is 0.649. The van der Waals surface area contributed by atoms with Crippen molar-refractivity contribution in [2.45, 2.75) is 6.92 Å². The Hall–Kier alpha value is -2.94. The average molecular weight is 364 g/mol. The van der Waals surface area contributed by atoms with Crippen molar-refractivity contribution in [2.24, 2.45) is 0 Å². The van der Waals surface area contributed by atoms with Crippen LogP contribution < -0.4 is 15.4 Å². The van der Waals surface area contributed by atoms with Crippen molar-refractivity contribution in [1.82, 2.24) is 15.4 Å². The van der Waals surface area contributed by atoms with Crippen molar-refractivity contribution in [3.63, 3.8) is 0 Å². The normalized spacial score (nSPS) is 10.6. The van der Waals surface area contributed by atoms with Crippen LogP contribution in [0.25, 0.3) is 0 Å². The maximum atomic E-state index is 13.0. The standard InChI is InChI=1S/C17H21FN4O4/c1-12-8-15(21-26-12)20-17(24)11-22(2)10-16(23)19-6-7-25-14-5-3-4-13(18)9-14/h3-5,8-9H,6-7,10-11H2,1-2H3,(H,19,23)(H,20,21,24). The topological polar surface area (TPSA) is 96.7 Å². The summed E-state index contributed by atoms with van der Waals surface area (Å²) < 4.78 is 23.2. The number of carbonyl (C=O) groups excluding carboxylic acids is 2. The van der Waals surface area contributed by atoms with Gasteiger partial charge in [-0.15, -0.1) is 0 Å². The van der Waals surface area contributed by atoms with Crippen LogP contribution >= 0.6 is 0 Å². The molecule has 0 bridgehead atoms. The molecule has 2 amide bonds. The molecule has 0 saturated heterocycles. The lowest BCUT2D eigenvalue weighted by atomic mass is 10.3. The van der Waals surface area contributed by atoms with Crippen molar-refractivity contribution in [3.05, 3.63) is 41.9 Å². The fourth-order valence-corrected chi connectivity index (χ4v) is 2.13. The summed E-state index contributed by atoms with van der Waals surface area (Å²) in [4.78, 5) is 25.2. The summed E-state index contributed by atoms with van der Waals surface area (Å²) in [7, 11) is 1.65. The first-order valence-electron chi connectivity index (χ1n) is 7.99. The molecule has 0 spiro atoms. The number of hydrogen-bond donors (Lipinski definition) is 2. The molecule has 1 aromatic carbocycles. The van der Waals surface area contributed by atoms with E-state index in [0.29, 0.717) is 17.3 Å². The second-order valence-electron chi connectivity index (χ2n) is 5.70. The first-order chi connectivity index (χ1) is 12.4. The first-order valence-corrected chi connectivity index (χ1v) is 7.99. The predicted molar refractivity (Wildman–Crippen MR) is 92.3 cm³/mol. The Kier molecular flexibility index (Phi) is 7.10. The van der Waals surface area contributed by atoms with E-state index in [1.165, 1.54) is 12.1 Å². The Morgan fingerprint density at radius 3 is 2.73 bits per heavy atom. The van der Waals surface area contributed by atoms with Gasteiger partial charge < -0.3 is 19.9 Å². The molecule has 0 unspecified atom stereocenters. The summed E-state index contributed by atoms with van der Waals surface area (Å²) in [6.07, 6.45) is 0. The SMILES string of the molecule is Cc1cc(NC(=O)CN(C)CC(=O)NCCOc2cccc(F)c2)no1. The van der Waals surface area contributed by atoms with Crippen molar-refractivity contribution in [1.29, 1.82) is 0 Å². The largest absolute Gasteiger partial charge is 0.492 e. The highest BCUT2D eigenvalue weighted by atomic mass is 19.1. The molecule has 0 fully saturated rings. The van der Waals surface area contributed by atoms with Crippen molar-refractivity contribution < 1.29 is 23.2 Å². The Morgan fingerprint density at radius 2 is 2.04 bits per heavy atom. The van der Waals surface area contributed by atoms with Gasteiger partial charge in [0.2, 0.25) is 11.8 Å². The Bertz CT molecular complexity index is 750. The van der Waals surface area contributed by atoms with Gasteiger partial charge in [0.1, 0.15) is 23.9 Å². The first kappa shape index (κ1) is 19.4. The van der Waals surface area contributed by atoms with Gasteiger partial charge in [0.25, 0.3) is 0 Å². The monoisotopic (exact) mass is 364 g/mol. The van der Waals surface area contributed by atoms with Crippen molar-refractivity contribution in [2.75, 3.05) is 38.6 Å². The number of nitrogens with one attached hydrogen (secondary N) is 2. The molecule has 0 aliphatic heterocycles. The van der Waals surface area contributed by atoms with Crippen LogP contribution in [0.5, 0.6) is 5.75 Å². The van der Waals surface area contributed by atoms with E-state index < -0.39 is 0 Å². The molecule has 1 aromatic heterocycles. The number of halogens is 1. The Morgan fingerprint density at radius 1 is 1.27 bits per heavy atom. The lowest BCUT2D eigenvalue weighted by molar-refractivity contribution is -0.123. The molecule has 1 heterocycles. The van der Waals surface area contributed by atoms with Gasteiger partial charge in [0, 0.05) is 12.1 Å².